The number of hydrogen-bond donors (Lipinski definition) is 6. The number of carboxylic acid groups (broad SMARTS) is 4. The van der Waals surface area contributed by atoms with Gasteiger partial charge in [0.1, 0.15) is 0 Å². The second kappa shape index (κ2) is 70.3. The standard InChI is InChI=1S/4C18H15P.2C11H10N2.C10H9BN2O2.4C2H4O2.CH3Br.3Pd/c4*1-4-10-16(11-5-1)19(17-12-6-2-7-13-17)18-14-8-3-9-15-18;2*1-9-5-7-13-11(8-9)10-4-2-3-6-12-10;14-11(15)8-4-6-13-10(7-8)9-3-1-2-5-12-9;4*1-2(3)4;1-2;;;/h4*1-15H;2*2-8H,1H3;1-7,14-15H;4*1H3,(H,3,4);1H3;;;. The molecule has 0 saturated carbocycles. The van der Waals surface area contributed by atoms with Gasteiger partial charge in [-0.2, -0.15) is 0 Å². The molecular weight excluding hydrogens is 2140 g/mol. The molecule has 138 heavy (non-hydrogen) atoms. The Labute approximate surface area is 865 Å². The normalized spacial score (nSPS) is 9.55. The summed E-state index contributed by atoms with van der Waals surface area (Å²) >= 11 is 2.94. The van der Waals surface area contributed by atoms with Crippen LogP contribution in [0.25, 0.3) is 34.2 Å². The fraction of sp³-hybridized carbons (Fsp3) is 0.0619. The van der Waals surface area contributed by atoms with E-state index < -0.39 is 62.7 Å². The van der Waals surface area contributed by atoms with E-state index in [1.807, 2.05) is 98.5 Å². The maximum absolute atomic E-state index is 9.00. The SMILES string of the molecule is CBr.CC(=O)O.CC(=O)O.CC(=O)O.CC(=O)O.Cc1ccnc(-c2ccccn2)c1.Cc1ccnc(-c2ccccn2)c1.OB(O)c1ccnc(-c2ccccn2)c1.[Pd].[Pd].[Pd].c1ccc(P(c2ccccc2)c2ccccc2)cc1.c1ccc(P(c2ccccc2)c2ccccc2)cc1.c1ccc(P(c2ccccc2)c2ccccc2)cc1.c1ccc(P(c2ccccc2)c2ccccc2)cc1. The number of benzene rings is 12. The Morgan fingerprint density at radius 3 is 0.486 bits per heavy atom. The molecule has 12 aromatic carbocycles. The Bertz CT molecular complexity index is 5280. The van der Waals surface area contributed by atoms with Gasteiger partial charge in [0.2, 0.25) is 0 Å². The van der Waals surface area contributed by atoms with Crippen molar-refractivity contribution in [3.05, 3.63) is 503 Å². The predicted octanol–water partition coefficient (Wildman–Crippen LogP) is 19.9. The number of aliphatic carboxylic acids is 4. The van der Waals surface area contributed by atoms with Crippen molar-refractivity contribution in [2.24, 2.45) is 0 Å². The molecule has 0 fully saturated rings. The minimum atomic E-state index is -1.48. The van der Waals surface area contributed by atoms with Gasteiger partial charge >= 0.3 is 7.12 Å². The summed E-state index contributed by atoms with van der Waals surface area (Å²) < 4.78 is 0. The van der Waals surface area contributed by atoms with E-state index in [-0.39, 0.29) is 61.3 Å². The Kier molecular flexibility index (Phi) is 60.0. The number of carboxylic acids is 4. The van der Waals surface area contributed by atoms with Crippen molar-refractivity contribution in [2.75, 3.05) is 5.83 Å². The molecule has 0 saturated heterocycles. The van der Waals surface area contributed by atoms with Gasteiger partial charge in [-0.15, -0.1) is 0 Å². The molecule has 0 aliphatic rings. The average molecular weight is 2240 g/mol. The molecule has 6 heterocycles. The number of alkyl halides is 1. The first-order valence-electron chi connectivity index (χ1n) is 42.6. The zero-order valence-corrected chi connectivity index (χ0v) is 86.8. The predicted molar refractivity (Wildman–Crippen MR) is 570 cm³/mol. The first-order valence-corrected chi connectivity index (χ1v) is 49.6. The summed E-state index contributed by atoms with van der Waals surface area (Å²) in [5, 5.41) is 64.4. The van der Waals surface area contributed by atoms with E-state index in [9.17, 15) is 0 Å². The Morgan fingerprint density at radius 1 is 0.210 bits per heavy atom. The average Bonchev–Trinajstić information content (AvgIpc) is 0.768. The summed E-state index contributed by atoms with van der Waals surface area (Å²) in [5.41, 5.74) is 7.86. The summed E-state index contributed by atoms with van der Waals surface area (Å²) in [6.07, 6.45) is 10.4. The Morgan fingerprint density at radius 2 is 0.348 bits per heavy atom. The second-order valence-electron chi connectivity index (χ2n) is 28.4. The van der Waals surface area contributed by atoms with Crippen LogP contribution in [-0.4, -0.2) is 97.2 Å². The molecule has 0 bridgehead atoms. The van der Waals surface area contributed by atoms with Crippen molar-refractivity contribution < 1.29 is 111 Å². The number of pyridine rings is 6. The van der Waals surface area contributed by atoms with Crippen LogP contribution in [0.5, 0.6) is 0 Å². The second-order valence-corrected chi connectivity index (χ2v) is 37.3. The van der Waals surface area contributed by atoms with E-state index in [4.69, 9.17) is 49.7 Å². The van der Waals surface area contributed by atoms with Crippen molar-refractivity contribution in [2.45, 2.75) is 41.5 Å². The number of aromatic nitrogens is 6. The number of rotatable bonds is 16. The van der Waals surface area contributed by atoms with Gasteiger partial charge < -0.3 is 30.5 Å². The topological polar surface area (TPSA) is 267 Å². The van der Waals surface area contributed by atoms with Gasteiger partial charge in [-0.1, -0.05) is 398 Å². The van der Waals surface area contributed by atoms with Crippen molar-refractivity contribution in [1.82, 2.24) is 29.9 Å². The van der Waals surface area contributed by atoms with Gasteiger partial charge in [-0.25, -0.2) is 0 Å². The number of hydrogen-bond acceptors (Lipinski definition) is 12. The van der Waals surface area contributed by atoms with Crippen LogP contribution < -0.4 is 69.1 Å². The van der Waals surface area contributed by atoms with Crippen molar-refractivity contribution in [1.29, 1.82) is 0 Å². The van der Waals surface area contributed by atoms with Gasteiger partial charge in [-0.3, -0.25) is 49.1 Å². The molecule has 0 spiro atoms. The molecular formula is C113H108BBrN6O10P4Pd3. The summed E-state index contributed by atoms with van der Waals surface area (Å²) in [5.74, 6) is -1.52. The zero-order chi connectivity index (χ0) is 96.8. The Hall–Kier alpha value is -12.4. The third-order valence-corrected chi connectivity index (χ3v) is 27.6. The van der Waals surface area contributed by atoms with Gasteiger partial charge in [0.25, 0.3) is 23.9 Å². The largest absolute Gasteiger partial charge is 0.488 e. The first kappa shape index (κ1) is 118. The molecule has 0 unspecified atom stereocenters. The molecule has 6 aromatic heterocycles. The molecule has 0 aliphatic carbocycles. The van der Waals surface area contributed by atoms with Crippen molar-refractivity contribution >= 4 is 148 Å². The first-order chi connectivity index (χ1) is 65.7. The maximum Gasteiger partial charge on any atom is 0.488 e. The van der Waals surface area contributed by atoms with E-state index in [0.29, 0.717) is 16.9 Å². The quantitative estimate of drug-likeness (QED) is 0.0298. The smallest absolute Gasteiger partial charge is 0.481 e. The van der Waals surface area contributed by atoms with E-state index in [2.05, 4.69) is 410 Å². The summed E-state index contributed by atoms with van der Waals surface area (Å²) in [4.78, 5) is 61.2. The number of nitrogens with zero attached hydrogens (tertiary/aromatic N) is 6. The Balaban J connectivity index is 0.000000326. The van der Waals surface area contributed by atoms with Crippen LogP contribution in [0.2, 0.25) is 0 Å². The molecule has 25 heteroatoms. The molecule has 0 aliphatic heterocycles. The minimum absolute atomic E-state index is 0. The summed E-state index contributed by atoms with van der Waals surface area (Å²) in [6, 6.07) is 158. The fourth-order valence-corrected chi connectivity index (χ4v) is 21.6. The number of carbonyl (C=O) groups is 4. The number of halogens is 1. The van der Waals surface area contributed by atoms with Crippen LogP contribution in [0.3, 0.4) is 0 Å². The van der Waals surface area contributed by atoms with Crippen molar-refractivity contribution in [3.8, 4) is 34.2 Å². The zero-order valence-electron chi connectivity index (χ0n) is 77.0. The van der Waals surface area contributed by atoms with Crippen LogP contribution in [0, 0.1) is 13.8 Å². The van der Waals surface area contributed by atoms with Gasteiger partial charge in [0.05, 0.1) is 34.2 Å². The number of aryl methyl sites for hydroxylation is 2. The van der Waals surface area contributed by atoms with Crippen LogP contribution in [0.4, 0.5) is 0 Å². The third kappa shape index (κ3) is 45.7. The third-order valence-electron chi connectivity index (χ3n) is 17.9. The molecule has 0 atom stereocenters. The molecule has 710 valence electrons. The minimum Gasteiger partial charge on any atom is -0.481 e. The summed E-state index contributed by atoms with van der Waals surface area (Å²) in [6.45, 7) is 8.43. The van der Waals surface area contributed by atoms with Crippen LogP contribution in [-0.2, 0) is 80.4 Å². The van der Waals surface area contributed by atoms with Gasteiger partial charge in [0.15, 0.2) is 0 Å². The molecule has 0 radical (unpaired) electrons. The van der Waals surface area contributed by atoms with Crippen LogP contribution >= 0.6 is 47.6 Å². The molecule has 18 rings (SSSR count). The molecule has 0 amide bonds. The summed E-state index contributed by atoms with van der Waals surface area (Å²) in [7, 11) is -3.26. The van der Waals surface area contributed by atoms with E-state index in [0.717, 1.165) is 50.5 Å². The van der Waals surface area contributed by atoms with Crippen LogP contribution in [0.15, 0.2) is 492 Å². The van der Waals surface area contributed by atoms with Crippen molar-refractivity contribution in [3.63, 3.8) is 0 Å². The van der Waals surface area contributed by atoms with Gasteiger partial charge in [-0.05, 0) is 204 Å². The van der Waals surface area contributed by atoms with E-state index in [1.54, 1.807) is 43.1 Å². The monoisotopic (exact) mass is 2240 g/mol. The van der Waals surface area contributed by atoms with E-state index in [1.165, 1.54) is 81.0 Å². The van der Waals surface area contributed by atoms with E-state index >= 15 is 0 Å². The fourth-order valence-electron chi connectivity index (χ4n) is 12.4. The molecule has 18 aromatic rings. The molecule has 16 nitrogen and oxygen atoms in total. The molecule has 6 N–H and O–H groups in total. The van der Waals surface area contributed by atoms with Crippen LogP contribution in [0.1, 0.15) is 38.8 Å². The van der Waals surface area contributed by atoms with Gasteiger partial charge in [0, 0.05) is 126 Å². The maximum atomic E-state index is 9.00.